The number of carbonyl (C=O) groups is 3. The third-order valence-electron chi connectivity index (χ3n) is 4.28. The van der Waals surface area contributed by atoms with Crippen molar-refractivity contribution < 1.29 is 14.4 Å². The van der Waals surface area contributed by atoms with Crippen LogP contribution in [-0.4, -0.2) is 47.2 Å². The van der Waals surface area contributed by atoms with Gasteiger partial charge in [0, 0.05) is 18.8 Å². The molecule has 2 aliphatic rings. The Morgan fingerprint density at radius 1 is 1.05 bits per heavy atom. The third kappa shape index (κ3) is 2.45. The zero-order chi connectivity index (χ0) is 15.7. The quantitative estimate of drug-likeness (QED) is 0.658. The van der Waals surface area contributed by atoms with Gasteiger partial charge in [0.25, 0.3) is 11.8 Å². The van der Waals surface area contributed by atoms with Crippen molar-refractivity contribution in [1.29, 1.82) is 0 Å². The van der Waals surface area contributed by atoms with Gasteiger partial charge in [0.05, 0.1) is 11.1 Å². The third-order valence-corrected chi connectivity index (χ3v) is 4.28. The maximum Gasteiger partial charge on any atom is 0.264 e. The van der Waals surface area contributed by atoms with Gasteiger partial charge < -0.3 is 10.6 Å². The van der Waals surface area contributed by atoms with Gasteiger partial charge in [-0.3, -0.25) is 19.3 Å². The largest absolute Gasteiger partial charge is 0.398 e. The van der Waals surface area contributed by atoms with E-state index in [4.69, 9.17) is 5.73 Å². The molecule has 0 aromatic heterocycles. The SMILES string of the molecule is Nc1cccc2c1C(=O)N(CC(=O)N1CCCCCC1)C2=O. The molecule has 6 heteroatoms. The monoisotopic (exact) mass is 301 g/mol. The number of rotatable bonds is 2. The van der Waals surface area contributed by atoms with Crippen molar-refractivity contribution in [2.24, 2.45) is 0 Å². The highest BCUT2D eigenvalue weighted by atomic mass is 16.2. The molecule has 2 heterocycles. The highest BCUT2D eigenvalue weighted by molar-refractivity contribution is 6.24. The van der Waals surface area contributed by atoms with Crippen molar-refractivity contribution in [3.63, 3.8) is 0 Å². The Labute approximate surface area is 128 Å². The number of nitrogens with two attached hydrogens (primary N) is 1. The van der Waals surface area contributed by atoms with Gasteiger partial charge in [-0.25, -0.2) is 0 Å². The minimum atomic E-state index is -0.471. The van der Waals surface area contributed by atoms with Crippen LogP contribution in [0.4, 0.5) is 5.69 Å². The molecule has 0 radical (unpaired) electrons. The number of nitrogens with zero attached hydrogens (tertiary/aromatic N) is 2. The first-order chi connectivity index (χ1) is 10.6. The standard InChI is InChI=1S/C16H19N3O3/c17-12-7-5-6-11-14(12)16(22)19(15(11)21)10-13(20)18-8-3-1-2-4-9-18/h5-7H,1-4,8-10,17H2. The van der Waals surface area contributed by atoms with E-state index in [9.17, 15) is 14.4 Å². The number of hydrogen-bond donors (Lipinski definition) is 1. The van der Waals surface area contributed by atoms with Crippen molar-refractivity contribution in [3.8, 4) is 0 Å². The van der Waals surface area contributed by atoms with E-state index in [0.717, 1.165) is 30.6 Å². The van der Waals surface area contributed by atoms with Crippen LogP contribution in [0.15, 0.2) is 18.2 Å². The highest BCUT2D eigenvalue weighted by Gasteiger charge is 2.38. The van der Waals surface area contributed by atoms with E-state index in [2.05, 4.69) is 0 Å². The molecule has 22 heavy (non-hydrogen) atoms. The second-order valence-electron chi connectivity index (χ2n) is 5.76. The molecule has 116 valence electrons. The molecule has 0 atom stereocenters. The molecule has 1 saturated heterocycles. The average molecular weight is 301 g/mol. The van der Waals surface area contributed by atoms with Gasteiger partial charge in [0.2, 0.25) is 5.91 Å². The lowest BCUT2D eigenvalue weighted by molar-refractivity contribution is -0.131. The lowest BCUT2D eigenvalue weighted by Gasteiger charge is -2.23. The van der Waals surface area contributed by atoms with E-state index in [-0.39, 0.29) is 29.3 Å². The summed E-state index contributed by atoms with van der Waals surface area (Å²) in [6.07, 6.45) is 4.18. The number of hydrogen-bond acceptors (Lipinski definition) is 4. The fourth-order valence-corrected chi connectivity index (χ4v) is 3.06. The Bertz CT molecular complexity index is 634. The van der Waals surface area contributed by atoms with Crippen LogP contribution in [0, 0.1) is 0 Å². The van der Waals surface area contributed by atoms with Crippen LogP contribution in [0.5, 0.6) is 0 Å². The van der Waals surface area contributed by atoms with E-state index in [1.807, 2.05) is 0 Å². The van der Waals surface area contributed by atoms with Crippen LogP contribution < -0.4 is 5.73 Å². The average Bonchev–Trinajstić information content (AvgIpc) is 2.72. The Morgan fingerprint density at radius 2 is 1.73 bits per heavy atom. The molecule has 1 aromatic carbocycles. The summed E-state index contributed by atoms with van der Waals surface area (Å²) in [5.41, 5.74) is 6.57. The van der Waals surface area contributed by atoms with Gasteiger partial charge in [0.15, 0.2) is 0 Å². The Balaban J connectivity index is 1.76. The van der Waals surface area contributed by atoms with Gasteiger partial charge in [-0.1, -0.05) is 18.9 Å². The lowest BCUT2D eigenvalue weighted by Crippen LogP contribution is -2.43. The molecule has 2 aliphatic heterocycles. The van der Waals surface area contributed by atoms with E-state index in [1.54, 1.807) is 23.1 Å². The van der Waals surface area contributed by atoms with Crippen molar-refractivity contribution in [1.82, 2.24) is 9.80 Å². The zero-order valence-electron chi connectivity index (χ0n) is 12.4. The number of amides is 3. The van der Waals surface area contributed by atoms with Crippen LogP contribution in [-0.2, 0) is 4.79 Å². The normalized spacial score (nSPS) is 18.4. The molecule has 1 aromatic rings. The number of carbonyl (C=O) groups excluding carboxylic acids is 3. The fraction of sp³-hybridized carbons (Fsp3) is 0.438. The molecule has 0 spiro atoms. The highest BCUT2D eigenvalue weighted by Crippen LogP contribution is 2.27. The van der Waals surface area contributed by atoms with Crippen molar-refractivity contribution in [2.75, 3.05) is 25.4 Å². The lowest BCUT2D eigenvalue weighted by atomic mass is 10.1. The maximum absolute atomic E-state index is 12.4. The molecule has 0 bridgehead atoms. The summed E-state index contributed by atoms with van der Waals surface area (Å²) in [6, 6.07) is 4.80. The Morgan fingerprint density at radius 3 is 2.36 bits per heavy atom. The van der Waals surface area contributed by atoms with Crippen molar-refractivity contribution in [3.05, 3.63) is 29.3 Å². The maximum atomic E-state index is 12.4. The molecule has 6 nitrogen and oxygen atoms in total. The molecular weight excluding hydrogens is 282 g/mol. The first kappa shape index (κ1) is 14.6. The smallest absolute Gasteiger partial charge is 0.264 e. The minimum Gasteiger partial charge on any atom is -0.398 e. The zero-order valence-corrected chi connectivity index (χ0v) is 12.4. The first-order valence-corrected chi connectivity index (χ1v) is 7.62. The Hall–Kier alpha value is -2.37. The van der Waals surface area contributed by atoms with E-state index in [1.165, 1.54) is 0 Å². The second-order valence-corrected chi connectivity index (χ2v) is 5.76. The van der Waals surface area contributed by atoms with E-state index in [0.29, 0.717) is 13.1 Å². The summed E-state index contributed by atoms with van der Waals surface area (Å²) in [6.45, 7) is 1.19. The predicted octanol–water partition coefficient (Wildman–Crippen LogP) is 1.27. The number of imide groups is 1. The molecule has 1 fully saturated rings. The second kappa shape index (κ2) is 5.79. The van der Waals surface area contributed by atoms with Crippen LogP contribution in [0.2, 0.25) is 0 Å². The first-order valence-electron chi connectivity index (χ1n) is 7.62. The topological polar surface area (TPSA) is 83.7 Å². The van der Waals surface area contributed by atoms with E-state index >= 15 is 0 Å². The number of nitrogen functional groups attached to an aromatic ring is 1. The van der Waals surface area contributed by atoms with Gasteiger partial charge in [0.1, 0.15) is 6.54 Å². The molecular formula is C16H19N3O3. The molecule has 2 N–H and O–H groups in total. The molecule has 0 unspecified atom stereocenters. The van der Waals surface area contributed by atoms with Crippen LogP contribution in [0.1, 0.15) is 46.4 Å². The number of fused-ring (bicyclic) bond motifs is 1. The summed E-state index contributed by atoms with van der Waals surface area (Å²) >= 11 is 0. The van der Waals surface area contributed by atoms with Gasteiger partial charge >= 0.3 is 0 Å². The molecule has 3 rings (SSSR count). The number of anilines is 1. The van der Waals surface area contributed by atoms with Crippen molar-refractivity contribution >= 4 is 23.4 Å². The summed E-state index contributed by atoms with van der Waals surface area (Å²) in [4.78, 5) is 39.8. The number of benzene rings is 1. The molecule has 0 aliphatic carbocycles. The van der Waals surface area contributed by atoms with Gasteiger partial charge in [-0.15, -0.1) is 0 Å². The van der Waals surface area contributed by atoms with Crippen LogP contribution in [0.3, 0.4) is 0 Å². The summed E-state index contributed by atoms with van der Waals surface area (Å²) in [7, 11) is 0. The summed E-state index contributed by atoms with van der Waals surface area (Å²) < 4.78 is 0. The van der Waals surface area contributed by atoms with Crippen molar-refractivity contribution in [2.45, 2.75) is 25.7 Å². The summed E-state index contributed by atoms with van der Waals surface area (Å²) in [5.74, 6) is -1.08. The van der Waals surface area contributed by atoms with Gasteiger partial charge in [-0.05, 0) is 25.0 Å². The van der Waals surface area contributed by atoms with Gasteiger partial charge in [-0.2, -0.15) is 0 Å². The molecule has 3 amide bonds. The Kier molecular flexibility index (Phi) is 3.83. The minimum absolute atomic E-state index is 0.171. The van der Waals surface area contributed by atoms with Crippen LogP contribution >= 0.6 is 0 Å². The molecule has 0 saturated carbocycles. The predicted molar refractivity (Wildman–Crippen MR) is 81.3 cm³/mol. The number of likely N-dealkylation sites (tertiary alicyclic amines) is 1. The fourth-order valence-electron chi connectivity index (χ4n) is 3.06. The van der Waals surface area contributed by atoms with Crippen LogP contribution in [0.25, 0.3) is 0 Å². The summed E-state index contributed by atoms with van der Waals surface area (Å²) in [5, 5.41) is 0. The van der Waals surface area contributed by atoms with E-state index < -0.39 is 11.8 Å².